The van der Waals surface area contributed by atoms with Crippen LogP contribution in [-0.2, 0) is 14.8 Å². The van der Waals surface area contributed by atoms with Gasteiger partial charge < -0.3 is 14.2 Å². The minimum Gasteiger partial charge on any atom is -0.379 e. The third-order valence-corrected chi connectivity index (χ3v) is 10.6. The Kier molecular flexibility index (Phi) is 7.23. The predicted molar refractivity (Wildman–Crippen MR) is 159 cm³/mol. The van der Waals surface area contributed by atoms with Crippen molar-refractivity contribution in [2.24, 2.45) is 0 Å². The maximum Gasteiger partial charge on any atom is 0.243 e. The highest BCUT2D eigenvalue weighted by Crippen LogP contribution is 2.35. The number of nitrogens with zero attached hydrogens (tertiary/aromatic N) is 5. The van der Waals surface area contributed by atoms with E-state index in [-0.39, 0.29) is 4.90 Å². The van der Waals surface area contributed by atoms with Gasteiger partial charge in [0.2, 0.25) is 10.0 Å². The molecule has 2 fully saturated rings. The van der Waals surface area contributed by atoms with Crippen LogP contribution in [0.4, 0.5) is 5.69 Å². The Labute approximate surface area is 238 Å². The zero-order valence-electron chi connectivity index (χ0n) is 22.6. The van der Waals surface area contributed by atoms with E-state index in [2.05, 4.69) is 26.6 Å². The van der Waals surface area contributed by atoms with E-state index in [1.807, 2.05) is 56.3 Å². The molecule has 0 amide bonds. The van der Waals surface area contributed by atoms with Gasteiger partial charge in [0.25, 0.3) is 0 Å². The Balaban J connectivity index is 1.46. The van der Waals surface area contributed by atoms with E-state index in [0.29, 0.717) is 36.9 Å². The van der Waals surface area contributed by atoms with Crippen molar-refractivity contribution >= 4 is 48.9 Å². The van der Waals surface area contributed by atoms with E-state index in [9.17, 15) is 13.7 Å². The second-order valence-corrected chi connectivity index (χ2v) is 13.1. The number of thiazole rings is 1. The van der Waals surface area contributed by atoms with Gasteiger partial charge in [0.05, 0.1) is 45.3 Å². The summed E-state index contributed by atoms with van der Waals surface area (Å²) in [5.74, 6) is 0. The lowest BCUT2D eigenvalue weighted by atomic mass is 10.1. The summed E-state index contributed by atoms with van der Waals surface area (Å²) in [7, 11) is -3.66. The van der Waals surface area contributed by atoms with Crippen molar-refractivity contribution in [1.29, 1.82) is 5.26 Å². The van der Waals surface area contributed by atoms with E-state index in [1.165, 1.54) is 15.6 Å². The van der Waals surface area contributed by atoms with Crippen LogP contribution >= 0.6 is 11.3 Å². The van der Waals surface area contributed by atoms with Crippen molar-refractivity contribution in [1.82, 2.24) is 13.9 Å². The molecule has 2 aliphatic rings. The zero-order chi connectivity index (χ0) is 27.9. The molecule has 8 nitrogen and oxygen atoms in total. The second kappa shape index (κ2) is 10.8. The molecule has 2 aliphatic heterocycles. The highest BCUT2D eigenvalue weighted by Gasteiger charge is 2.29. The molecule has 0 radical (unpaired) electrons. The average molecular weight is 574 g/mol. The van der Waals surface area contributed by atoms with Crippen LogP contribution in [0.1, 0.15) is 34.8 Å². The molecule has 0 spiro atoms. The number of aryl methyl sites for hydroxylation is 1. The number of para-hydroxylation sites is 1. The molecule has 0 bridgehead atoms. The molecule has 0 unspecified atom stereocenters. The summed E-state index contributed by atoms with van der Waals surface area (Å²) < 4.78 is 37.2. The van der Waals surface area contributed by atoms with Gasteiger partial charge >= 0.3 is 0 Å². The van der Waals surface area contributed by atoms with Gasteiger partial charge in [0.1, 0.15) is 11.1 Å². The quantitative estimate of drug-likeness (QED) is 0.287. The predicted octanol–water partition coefficient (Wildman–Crippen LogP) is 5.39. The van der Waals surface area contributed by atoms with Gasteiger partial charge in [-0.25, -0.2) is 13.4 Å². The maximum absolute atomic E-state index is 13.6. The van der Waals surface area contributed by atoms with E-state index >= 15 is 0 Å². The van der Waals surface area contributed by atoms with Crippen LogP contribution in [0.3, 0.4) is 0 Å². The van der Waals surface area contributed by atoms with Crippen LogP contribution in [0.15, 0.2) is 53.4 Å². The summed E-state index contributed by atoms with van der Waals surface area (Å²) in [4.78, 5) is 7.29. The number of hydrogen-bond acceptors (Lipinski definition) is 7. The number of sulfonamides is 1. The molecular formula is C30H31N5O3S2. The second-order valence-electron chi connectivity index (χ2n) is 10.2. The van der Waals surface area contributed by atoms with E-state index in [0.717, 1.165) is 64.5 Å². The Hall–Kier alpha value is -3.49. The van der Waals surface area contributed by atoms with Crippen LogP contribution in [0.2, 0.25) is 0 Å². The SMILES string of the molecule is Cc1cc(/C=C(/C#N)c2nc3ccccc3s2)c(C)n1-c1cc(S(=O)(=O)N2CCOCC2)ccc1N1CCCC1. The van der Waals surface area contributed by atoms with E-state index < -0.39 is 10.0 Å². The lowest BCUT2D eigenvalue weighted by Crippen LogP contribution is -2.40. The molecule has 4 heterocycles. The molecule has 0 N–H and O–H groups in total. The number of rotatable bonds is 6. The molecule has 2 saturated heterocycles. The number of morpholine rings is 1. The number of fused-ring (bicyclic) bond motifs is 1. The van der Waals surface area contributed by atoms with E-state index in [1.54, 1.807) is 6.07 Å². The lowest BCUT2D eigenvalue weighted by Gasteiger charge is -2.28. The maximum atomic E-state index is 13.6. The number of anilines is 1. The number of allylic oxidation sites excluding steroid dienone is 1. The van der Waals surface area contributed by atoms with Gasteiger partial charge in [-0.05, 0) is 74.7 Å². The molecule has 0 aliphatic carbocycles. The summed E-state index contributed by atoms with van der Waals surface area (Å²) in [6, 6.07) is 17.8. The largest absolute Gasteiger partial charge is 0.379 e. The van der Waals surface area contributed by atoms with Crippen LogP contribution in [0, 0.1) is 25.2 Å². The minimum absolute atomic E-state index is 0.282. The summed E-state index contributed by atoms with van der Waals surface area (Å²) in [6.07, 6.45) is 4.11. The monoisotopic (exact) mass is 573 g/mol. The fourth-order valence-electron chi connectivity index (χ4n) is 5.59. The van der Waals surface area contributed by atoms with Crippen molar-refractivity contribution in [2.45, 2.75) is 31.6 Å². The van der Waals surface area contributed by atoms with Crippen molar-refractivity contribution < 1.29 is 13.2 Å². The van der Waals surface area contributed by atoms with Crippen molar-refractivity contribution in [3.05, 3.63) is 70.5 Å². The van der Waals surface area contributed by atoms with Gasteiger partial charge in [-0.1, -0.05) is 12.1 Å². The van der Waals surface area contributed by atoms with Crippen LogP contribution in [0.25, 0.3) is 27.6 Å². The molecule has 40 heavy (non-hydrogen) atoms. The summed E-state index contributed by atoms with van der Waals surface area (Å²) in [5, 5.41) is 10.7. The first kappa shape index (κ1) is 26.7. The lowest BCUT2D eigenvalue weighted by molar-refractivity contribution is 0.0730. The molecule has 206 valence electrons. The average Bonchev–Trinajstić information content (AvgIpc) is 3.71. The van der Waals surface area contributed by atoms with Gasteiger partial charge in [0, 0.05) is 37.6 Å². The van der Waals surface area contributed by atoms with Gasteiger partial charge in [-0.15, -0.1) is 11.3 Å². The third-order valence-electron chi connectivity index (χ3n) is 7.66. The fourth-order valence-corrected chi connectivity index (χ4v) is 7.95. The first-order valence-electron chi connectivity index (χ1n) is 13.5. The number of nitriles is 1. The number of aromatic nitrogens is 2. The first-order valence-corrected chi connectivity index (χ1v) is 15.8. The standard InChI is InChI=1S/C30H31N5O3S2/c1-21-17-23(18-24(20-31)30-32-26-7-3-4-8-29(26)39-30)22(2)35(21)28-19-25(9-10-27(28)33-11-5-6-12-33)40(36,37)34-13-15-38-16-14-34/h3-4,7-10,17-19H,5-6,11-16H2,1-2H3/b24-18-. The van der Waals surface area contributed by atoms with Crippen molar-refractivity contribution in [3.8, 4) is 11.8 Å². The molecule has 2 aromatic heterocycles. The first-order chi connectivity index (χ1) is 19.4. The normalized spacial score (nSPS) is 17.0. The van der Waals surface area contributed by atoms with Crippen molar-refractivity contribution in [2.75, 3.05) is 44.3 Å². The number of benzene rings is 2. The van der Waals surface area contributed by atoms with Crippen molar-refractivity contribution in [3.63, 3.8) is 0 Å². The Morgan fingerprint density at radius 3 is 2.50 bits per heavy atom. The van der Waals surface area contributed by atoms with Crippen LogP contribution in [0.5, 0.6) is 0 Å². The smallest absolute Gasteiger partial charge is 0.243 e. The Morgan fingerprint density at radius 1 is 1.02 bits per heavy atom. The van der Waals surface area contributed by atoms with Crippen LogP contribution in [-0.4, -0.2) is 61.7 Å². The molecule has 6 rings (SSSR count). The van der Waals surface area contributed by atoms with E-state index in [4.69, 9.17) is 4.74 Å². The summed E-state index contributed by atoms with van der Waals surface area (Å²) >= 11 is 1.50. The Bertz CT molecular complexity index is 1720. The summed E-state index contributed by atoms with van der Waals surface area (Å²) in [5.41, 5.74) is 6.04. The molecule has 10 heteroatoms. The van der Waals surface area contributed by atoms with Crippen LogP contribution < -0.4 is 4.90 Å². The molecule has 4 aromatic rings. The number of ether oxygens (including phenoxy) is 1. The highest BCUT2D eigenvalue weighted by atomic mass is 32.2. The van der Waals surface area contributed by atoms with Gasteiger partial charge in [-0.2, -0.15) is 9.57 Å². The fraction of sp³-hybridized carbons (Fsp3) is 0.333. The minimum atomic E-state index is -3.66. The van der Waals surface area contributed by atoms with Gasteiger partial charge in [0.15, 0.2) is 0 Å². The van der Waals surface area contributed by atoms with Gasteiger partial charge in [-0.3, -0.25) is 0 Å². The summed E-state index contributed by atoms with van der Waals surface area (Å²) in [6.45, 7) is 7.41. The highest BCUT2D eigenvalue weighted by molar-refractivity contribution is 7.89. The number of hydrogen-bond donors (Lipinski definition) is 0. The molecule has 0 atom stereocenters. The Morgan fingerprint density at radius 2 is 1.77 bits per heavy atom. The molecule has 0 saturated carbocycles. The topological polar surface area (TPSA) is 91.5 Å². The molecular weight excluding hydrogens is 542 g/mol. The molecule has 2 aromatic carbocycles. The third kappa shape index (κ3) is 4.84. The zero-order valence-corrected chi connectivity index (χ0v) is 24.3.